The second-order valence-electron chi connectivity index (χ2n) is 5.71. The minimum atomic E-state index is 0.371. The zero-order valence-electron chi connectivity index (χ0n) is 13.1. The summed E-state index contributed by atoms with van der Waals surface area (Å²) in [5.41, 5.74) is 0.860. The van der Waals surface area contributed by atoms with Crippen molar-refractivity contribution in [1.82, 2.24) is 10.1 Å². The Morgan fingerprint density at radius 1 is 1.32 bits per heavy atom. The number of nitrogens with zero attached hydrogens (tertiary/aromatic N) is 2. The van der Waals surface area contributed by atoms with Crippen molar-refractivity contribution in [3.63, 3.8) is 0 Å². The molecule has 1 saturated heterocycles. The van der Waals surface area contributed by atoms with E-state index in [2.05, 4.69) is 17.1 Å². The molecule has 0 amide bonds. The molecule has 1 aromatic heterocycles. The standard InChI is InChI=1S/C17H22N2O3/c1-3-13-10-12(8-9-21-13)11-16-18-17(19-22-16)14-6-4-5-7-15(14)20-2/h4-7,12-13H,3,8-11H2,1-2H3. The average Bonchev–Trinajstić information content (AvgIpc) is 3.03. The highest BCUT2D eigenvalue weighted by molar-refractivity contribution is 5.63. The third kappa shape index (κ3) is 3.30. The van der Waals surface area contributed by atoms with Crippen molar-refractivity contribution in [2.45, 2.75) is 38.7 Å². The Morgan fingerprint density at radius 3 is 3.00 bits per heavy atom. The summed E-state index contributed by atoms with van der Waals surface area (Å²) in [4.78, 5) is 4.54. The summed E-state index contributed by atoms with van der Waals surface area (Å²) in [6.07, 6.45) is 4.39. The number of benzene rings is 1. The zero-order valence-corrected chi connectivity index (χ0v) is 13.1. The Labute approximate surface area is 130 Å². The van der Waals surface area contributed by atoms with E-state index in [9.17, 15) is 0 Å². The number of para-hydroxylation sites is 1. The van der Waals surface area contributed by atoms with Gasteiger partial charge in [0.2, 0.25) is 11.7 Å². The van der Waals surface area contributed by atoms with Gasteiger partial charge in [0.25, 0.3) is 0 Å². The lowest BCUT2D eigenvalue weighted by Gasteiger charge is -2.27. The van der Waals surface area contributed by atoms with E-state index in [1.807, 2.05) is 24.3 Å². The fourth-order valence-corrected chi connectivity index (χ4v) is 2.95. The van der Waals surface area contributed by atoms with Gasteiger partial charge in [0, 0.05) is 13.0 Å². The van der Waals surface area contributed by atoms with Crippen LogP contribution in [-0.2, 0) is 11.2 Å². The highest BCUT2D eigenvalue weighted by Gasteiger charge is 2.24. The molecule has 2 atom stereocenters. The first-order chi connectivity index (χ1) is 10.8. The first-order valence-electron chi connectivity index (χ1n) is 7.87. The fourth-order valence-electron chi connectivity index (χ4n) is 2.95. The molecule has 0 aliphatic carbocycles. The molecule has 1 fully saturated rings. The van der Waals surface area contributed by atoms with Crippen molar-refractivity contribution in [2.24, 2.45) is 5.92 Å². The third-order valence-corrected chi connectivity index (χ3v) is 4.21. The third-order valence-electron chi connectivity index (χ3n) is 4.21. The SMILES string of the molecule is CCC1CC(Cc2nc(-c3ccccc3OC)no2)CCO1. The van der Waals surface area contributed by atoms with Crippen LogP contribution in [-0.4, -0.2) is 30.0 Å². The predicted molar refractivity (Wildman–Crippen MR) is 82.7 cm³/mol. The summed E-state index contributed by atoms with van der Waals surface area (Å²) in [6.45, 7) is 3.00. The summed E-state index contributed by atoms with van der Waals surface area (Å²) in [5.74, 6) is 2.60. The van der Waals surface area contributed by atoms with Gasteiger partial charge in [0.1, 0.15) is 5.75 Å². The van der Waals surface area contributed by atoms with Crippen molar-refractivity contribution >= 4 is 0 Å². The van der Waals surface area contributed by atoms with Crippen LogP contribution in [0, 0.1) is 5.92 Å². The highest BCUT2D eigenvalue weighted by Crippen LogP contribution is 2.29. The maximum atomic E-state index is 5.72. The van der Waals surface area contributed by atoms with Crippen LogP contribution in [0.3, 0.4) is 0 Å². The molecule has 1 aliphatic heterocycles. The molecule has 2 heterocycles. The molecule has 5 nitrogen and oxygen atoms in total. The van der Waals surface area contributed by atoms with E-state index in [-0.39, 0.29) is 0 Å². The van der Waals surface area contributed by atoms with Crippen LogP contribution in [0.4, 0.5) is 0 Å². The molecule has 0 bridgehead atoms. The molecule has 1 aliphatic rings. The van der Waals surface area contributed by atoms with E-state index in [1.54, 1.807) is 7.11 Å². The van der Waals surface area contributed by atoms with Crippen LogP contribution in [0.15, 0.2) is 28.8 Å². The summed E-state index contributed by atoms with van der Waals surface area (Å²) >= 11 is 0. The van der Waals surface area contributed by atoms with Gasteiger partial charge in [0.05, 0.1) is 18.8 Å². The van der Waals surface area contributed by atoms with Gasteiger partial charge in [-0.3, -0.25) is 0 Å². The van der Waals surface area contributed by atoms with Gasteiger partial charge in [-0.2, -0.15) is 4.98 Å². The molecule has 0 radical (unpaired) electrons. The van der Waals surface area contributed by atoms with Crippen LogP contribution in [0.2, 0.25) is 0 Å². The zero-order chi connectivity index (χ0) is 15.4. The average molecular weight is 302 g/mol. The van der Waals surface area contributed by atoms with E-state index < -0.39 is 0 Å². The molecular weight excluding hydrogens is 280 g/mol. The summed E-state index contributed by atoms with van der Waals surface area (Å²) < 4.78 is 16.5. The minimum absolute atomic E-state index is 0.371. The number of ether oxygens (including phenoxy) is 2. The molecule has 0 spiro atoms. The molecule has 0 N–H and O–H groups in total. The Balaban J connectivity index is 1.71. The smallest absolute Gasteiger partial charge is 0.227 e. The molecule has 1 aromatic carbocycles. The van der Waals surface area contributed by atoms with Crippen molar-refractivity contribution in [3.8, 4) is 17.1 Å². The molecule has 3 rings (SSSR count). The van der Waals surface area contributed by atoms with Gasteiger partial charge in [-0.15, -0.1) is 0 Å². The van der Waals surface area contributed by atoms with Gasteiger partial charge >= 0.3 is 0 Å². The van der Waals surface area contributed by atoms with E-state index in [0.717, 1.165) is 43.6 Å². The van der Waals surface area contributed by atoms with Crippen LogP contribution < -0.4 is 4.74 Å². The van der Waals surface area contributed by atoms with Crippen molar-refractivity contribution in [2.75, 3.05) is 13.7 Å². The second kappa shape index (κ2) is 6.92. The van der Waals surface area contributed by atoms with Crippen LogP contribution >= 0.6 is 0 Å². The largest absolute Gasteiger partial charge is 0.496 e. The Hall–Kier alpha value is -1.88. The monoisotopic (exact) mass is 302 g/mol. The molecule has 118 valence electrons. The lowest BCUT2D eigenvalue weighted by atomic mass is 9.91. The van der Waals surface area contributed by atoms with Crippen molar-refractivity contribution < 1.29 is 14.0 Å². The molecule has 2 unspecified atom stereocenters. The van der Waals surface area contributed by atoms with Gasteiger partial charge in [-0.1, -0.05) is 24.2 Å². The van der Waals surface area contributed by atoms with Gasteiger partial charge < -0.3 is 14.0 Å². The summed E-state index contributed by atoms with van der Waals surface area (Å²) in [6, 6.07) is 7.71. The lowest BCUT2D eigenvalue weighted by Crippen LogP contribution is -2.26. The number of rotatable bonds is 5. The van der Waals surface area contributed by atoms with Crippen molar-refractivity contribution in [3.05, 3.63) is 30.2 Å². The Bertz CT molecular complexity index is 611. The van der Waals surface area contributed by atoms with Crippen molar-refractivity contribution in [1.29, 1.82) is 0 Å². The topological polar surface area (TPSA) is 57.4 Å². The molecule has 0 saturated carbocycles. The quantitative estimate of drug-likeness (QED) is 0.846. The van der Waals surface area contributed by atoms with E-state index in [4.69, 9.17) is 14.0 Å². The number of methoxy groups -OCH3 is 1. The molecule has 22 heavy (non-hydrogen) atoms. The Morgan fingerprint density at radius 2 is 2.18 bits per heavy atom. The molecule has 5 heteroatoms. The molecule has 2 aromatic rings. The Kier molecular flexibility index (Phi) is 4.73. The number of hydrogen-bond acceptors (Lipinski definition) is 5. The maximum absolute atomic E-state index is 5.72. The van der Waals surface area contributed by atoms with Gasteiger partial charge in [-0.25, -0.2) is 0 Å². The van der Waals surface area contributed by atoms with E-state index >= 15 is 0 Å². The predicted octanol–water partition coefficient (Wildman–Crippen LogP) is 3.49. The first kappa shape index (κ1) is 15.0. The van der Waals surface area contributed by atoms with E-state index in [1.165, 1.54) is 0 Å². The minimum Gasteiger partial charge on any atom is -0.496 e. The highest BCUT2D eigenvalue weighted by atomic mass is 16.5. The van der Waals surface area contributed by atoms with Crippen LogP contribution in [0.25, 0.3) is 11.4 Å². The number of aromatic nitrogens is 2. The first-order valence-corrected chi connectivity index (χ1v) is 7.87. The summed E-state index contributed by atoms with van der Waals surface area (Å²) in [7, 11) is 1.65. The van der Waals surface area contributed by atoms with Gasteiger partial charge in [0.15, 0.2) is 0 Å². The molecular formula is C17H22N2O3. The lowest BCUT2D eigenvalue weighted by molar-refractivity contribution is -0.0115. The second-order valence-corrected chi connectivity index (χ2v) is 5.71. The maximum Gasteiger partial charge on any atom is 0.227 e. The van der Waals surface area contributed by atoms with Gasteiger partial charge in [-0.05, 0) is 37.3 Å². The normalized spacial score (nSPS) is 21.7. The van der Waals surface area contributed by atoms with Crippen LogP contribution in [0.5, 0.6) is 5.75 Å². The number of hydrogen-bond donors (Lipinski definition) is 0. The van der Waals surface area contributed by atoms with E-state index in [0.29, 0.717) is 23.7 Å². The van der Waals surface area contributed by atoms with Crippen LogP contribution in [0.1, 0.15) is 32.1 Å². The fraction of sp³-hybridized carbons (Fsp3) is 0.529. The summed E-state index contributed by atoms with van der Waals surface area (Å²) in [5, 5.41) is 4.10.